The predicted octanol–water partition coefficient (Wildman–Crippen LogP) is 1.91. The lowest BCUT2D eigenvalue weighted by molar-refractivity contribution is 0.684. The molecule has 0 aliphatic heterocycles. The minimum atomic E-state index is -0.751. The maximum Gasteiger partial charge on any atom is 0.225 e. The molecule has 7 heteroatoms. The molecule has 1 unspecified atom stereocenters. The van der Waals surface area contributed by atoms with Gasteiger partial charge < -0.3 is 10.6 Å². The number of rotatable bonds is 6. The Labute approximate surface area is 112 Å². The van der Waals surface area contributed by atoms with Crippen molar-refractivity contribution in [3.63, 3.8) is 0 Å². The van der Waals surface area contributed by atoms with Crippen molar-refractivity contribution < 1.29 is 4.21 Å². The SMILES string of the molecule is CCS(=O)CCNc1nc(NC)nc2sccc12. The van der Waals surface area contributed by atoms with Crippen molar-refractivity contribution in [2.24, 2.45) is 0 Å². The fourth-order valence-electron chi connectivity index (χ4n) is 1.53. The Balaban J connectivity index is 2.15. The molecule has 0 amide bonds. The van der Waals surface area contributed by atoms with Gasteiger partial charge >= 0.3 is 0 Å². The number of hydrogen-bond acceptors (Lipinski definition) is 6. The lowest BCUT2D eigenvalue weighted by atomic mass is 10.4. The number of nitrogens with one attached hydrogen (secondary N) is 2. The highest BCUT2D eigenvalue weighted by Crippen LogP contribution is 2.26. The Kier molecular flexibility index (Phi) is 4.48. The summed E-state index contributed by atoms with van der Waals surface area (Å²) in [4.78, 5) is 9.71. The van der Waals surface area contributed by atoms with Crippen molar-refractivity contribution in [2.45, 2.75) is 6.92 Å². The fraction of sp³-hybridized carbons (Fsp3) is 0.455. The van der Waals surface area contributed by atoms with Crippen LogP contribution < -0.4 is 10.6 Å². The lowest BCUT2D eigenvalue weighted by Crippen LogP contribution is -2.13. The highest BCUT2D eigenvalue weighted by molar-refractivity contribution is 7.84. The molecule has 2 rings (SSSR count). The molecule has 0 saturated carbocycles. The molecule has 5 nitrogen and oxygen atoms in total. The summed E-state index contributed by atoms with van der Waals surface area (Å²) < 4.78 is 11.4. The molecule has 2 aromatic heterocycles. The minimum Gasteiger partial charge on any atom is -0.368 e. The van der Waals surface area contributed by atoms with Crippen molar-refractivity contribution in [2.75, 3.05) is 35.7 Å². The van der Waals surface area contributed by atoms with Gasteiger partial charge in [0.2, 0.25) is 5.95 Å². The molecule has 0 aromatic carbocycles. The second kappa shape index (κ2) is 6.10. The van der Waals surface area contributed by atoms with Crippen molar-refractivity contribution in [1.82, 2.24) is 9.97 Å². The maximum absolute atomic E-state index is 11.4. The summed E-state index contributed by atoms with van der Waals surface area (Å²) >= 11 is 1.58. The molecule has 0 aliphatic carbocycles. The zero-order valence-corrected chi connectivity index (χ0v) is 12.0. The third-order valence-electron chi connectivity index (χ3n) is 2.49. The molecule has 18 heavy (non-hydrogen) atoms. The molecule has 0 radical (unpaired) electrons. The molecule has 2 heterocycles. The highest BCUT2D eigenvalue weighted by Gasteiger charge is 2.07. The molecule has 0 spiro atoms. The fourth-order valence-corrected chi connectivity index (χ4v) is 2.91. The monoisotopic (exact) mass is 284 g/mol. The molecular formula is C11H16N4OS2. The van der Waals surface area contributed by atoms with Crippen LogP contribution in [0.5, 0.6) is 0 Å². The van der Waals surface area contributed by atoms with Gasteiger partial charge in [-0.15, -0.1) is 11.3 Å². The standard InChI is InChI=1S/C11H16N4OS2/c1-3-18(16)7-5-13-9-8-4-6-17-10(8)15-11(12-2)14-9/h4,6H,3,5,7H2,1-2H3,(H2,12,13,14,15). The average Bonchev–Trinajstić information content (AvgIpc) is 2.86. The lowest BCUT2D eigenvalue weighted by Gasteiger charge is -2.08. The maximum atomic E-state index is 11.4. The van der Waals surface area contributed by atoms with Crippen LogP contribution in [0.1, 0.15) is 6.92 Å². The number of hydrogen-bond donors (Lipinski definition) is 2. The van der Waals surface area contributed by atoms with E-state index in [0.29, 0.717) is 24.0 Å². The summed E-state index contributed by atoms with van der Waals surface area (Å²) in [6.07, 6.45) is 0. The number of anilines is 2. The van der Waals surface area contributed by atoms with E-state index in [1.807, 2.05) is 18.4 Å². The van der Waals surface area contributed by atoms with Crippen molar-refractivity contribution in [3.05, 3.63) is 11.4 Å². The van der Waals surface area contributed by atoms with Crippen LogP contribution in [0.2, 0.25) is 0 Å². The third kappa shape index (κ3) is 2.97. The Morgan fingerprint density at radius 2 is 2.28 bits per heavy atom. The molecule has 1 atom stereocenters. The van der Waals surface area contributed by atoms with Gasteiger partial charge in [-0.05, 0) is 11.4 Å². The van der Waals surface area contributed by atoms with Crippen LogP contribution in [-0.2, 0) is 10.8 Å². The number of aromatic nitrogens is 2. The Morgan fingerprint density at radius 3 is 3.00 bits per heavy atom. The smallest absolute Gasteiger partial charge is 0.225 e. The molecule has 2 aromatic rings. The van der Waals surface area contributed by atoms with E-state index in [4.69, 9.17) is 0 Å². The van der Waals surface area contributed by atoms with Gasteiger partial charge in [0, 0.05) is 35.9 Å². The van der Waals surface area contributed by atoms with Crippen LogP contribution in [0.4, 0.5) is 11.8 Å². The first-order chi connectivity index (χ1) is 8.74. The summed E-state index contributed by atoms with van der Waals surface area (Å²) in [5, 5.41) is 9.19. The van der Waals surface area contributed by atoms with E-state index >= 15 is 0 Å². The number of thiophene rings is 1. The zero-order chi connectivity index (χ0) is 13.0. The normalized spacial score (nSPS) is 12.6. The van der Waals surface area contributed by atoms with Gasteiger partial charge in [-0.25, -0.2) is 4.98 Å². The van der Waals surface area contributed by atoms with Crippen LogP contribution in [-0.4, -0.2) is 39.3 Å². The number of nitrogens with zero attached hydrogens (tertiary/aromatic N) is 2. The molecule has 0 fully saturated rings. The van der Waals surface area contributed by atoms with E-state index in [-0.39, 0.29) is 0 Å². The first kappa shape index (κ1) is 13.2. The third-order valence-corrected chi connectivity index (χ3v) is 4.60. The van der Waals surface area contributed by atoms with Gasteiger partial charge in [0.05, 0.1) is 5.39 Å². The van der Waals surface area contributed by atoms with E-state index in [9.17, 15) is 4.21 Å². The second-order valence-corrected chi connectivity index (χ2v) is 6.40. The summed E-state index contributed by atoms with van der Waals surface area (Å²) in [5.41, 5.74) is 0. The van der Waals surface area contributed by atoms with Gasteiger partial charge in [0.25, 0.3) is 0 Å². The van der Waals surface area contributed by atoms with E-state index in [1.165, 1.54) is 0 Å². The summed E-state index contributed by atoms with van der Waals surface area (Å²) in [5.74, 6) is 2.74. The van der Waals surface area contributed by atoms with Crippen LogP contribution in [0, 0.1) is 0 Å². The van der Waals surface area contributed by atoms with E-state index < -0.39 is 10.8 Å². The van der Waals surface area contributed by atoms with Crippen LogP contribution in [0.3, 0.4) is 0 Å². The quantitative estimate of drug-likeness (QED) is 0.848. The van der Waals surface area contributed by atoms with E-state index in [0.717, 1.165) is 16.0 Å². The molecule has 2 N–H and O–H groups in total. The van der Waals surface area contributed by atoms with Crippen molar-refractivity contribution in [1.29, 1.82) is 0 Å². The summed E-state index contributed by atoms with van der Waals surface area (Å²) in [6.45, 7) is 2.59. The van der Waals surface area contributed by atoms with E-state index in [1.54, 1.807) is 18.4 Å². The van der Waals surface area contributed by atoms with E-state index in [2.05, 4.69) is 20.6 Å². The second-order valence-electron chi connectivity index (χ2n) is 3.64. The molecule has 0 aliphatic rings. The molecule has 0 saturated heterocycles. The Hall–Kier alpha value is -1.21. The van der Waals surface area contributed by atoms with Gasteiger partial charge in [0.1, 0.15) is 10.6 Å². The predicted molar refractivity (Wildman–Crippen MR) is 79.0 cm³/mol. The van der Waals surface area contributed by atoms with Gasteiger partial charge in [-0.2, -0.15) is 4.98 Å². The van der Waals surface area contributed by atoms with Crippen LogP contribution >= 0.6 is 11.3 Å². The summed E-state index contributed by atoms with van der Waals surface area (Å²) in [7, 11) is 1.05. The van der Waals surface area contributed by atoms with Gasteiger partial charge in [0.15, 0.2) is 0 Å². The Morgan fingerprint density at radius 1 is 1.44 bits per heavy atom. The molecule has 0 bridgehead atoms. The number of fused-ring (bicyclic) bond motifs is 1. The van der Waals surface area contributed by atoms with Crippen molar-refractivity contribution in [3.8, 4) is 0 Å². The van der Waals surface area contributed by atoms with Crippen molar-refractivity contribution >= 4 is 44.1 Å². The topological polar surface area (TPSA) is 66.9 Å². The zero-order valence-electron chi connectivity index (χ0n) is 10.4. The minimum absolute atomic E-state index is 0.601. The van der Waals surface area contributed by atoms with Crippen LogP contribution in [0.25, 0.3) is 10.2 Å². The van der Waals surface area contributed by atoms with Crippen LogP contribution in [0.15, 0.2) is 11.4 Å². The van der Waals surface area contributed by atoms with Gasteiger partial charge in [-0.3, -0.25) is 4.21 Å². The molecular weight excluding hydrogens is 268 g/mol. The van der Waals surface area contributed by atoms with Gasteiger partial charge in [-0.1, -0.05) is 6.92 Å². The largest absolute Gasteiger partial charge is 0.368 e. The Bertz CT molecular complexity index is 555. The first-order valence-electron chi connectivity index (χ1n) is 5.76. The highest BCUT2D eigenvalue weighted by atomic mass is 32.2. The first-order valence-corrected chi connectivity index (χ1v) is 8.13. The molecule has 98 valence electrons. The summed E-state index contributed by atoms with van der Waals surface area (Å²) in [6, 6.07) is 2.00. The average molecular weight is 284 g/mol.